The van der Waals surface area contributed by atoms with Gasteiger partial charge in [-0.1, -0.05) is 6.92 Å². The first-order valence-electron chi connectivity index (χ1n) is 7.29. The lowest BCUT2D eigenvalue weighted by Gasteiger charge is -2.29. The van der Waals surface area contributed by atoms with Gasteiger partial charge in [0.05, 0.1) is 0 Å². The second-order valence-corrected chi connectivity index (χ2v) is 10.1. The maximum atomic E-state index is 12.1. The topological polar surface area (TPSA) is 101 Å². The number of nitrogens with zero attached hydrogens (tertiary/aromatic N) is 2. The molecule has 0 aromatic heterocycles. The average Bonchev–Trinajstić information content (AvgIpc) is 2.59. The van der Waals surface area contributed by atoms with Gasteiger partial charge in [0.15, 0.2) is 14.9 Å². The second kappa shape index (κ2) is 7.87. The number of nitrogens with two attached hydrogens (primary N) is 1. The molecule has 0 aliphatic carbocycles. The summed E-state index contributed by atoms with van der Waals surface area (Å²) in [6.45, 7) is 4.89. The zero-order valence-corrected chi connectivity index (χ0v) is 14.5. The van der Waals surface area contributed by atoms with Crippen molar-refractivity contribution in [1.82, 2.24) is 9.21 Å². The normalized spacial score (nSPS) is 21.1. The lowest BCUT2D eigenvalue weighted by atomic mass is 10.1. The van der Waals surface area contributed by atoms with E-state index in [-0.39, 0.29) is 0 Å². The number of sulfonamides is 1. The first-order chi connectivity index (χ1) is 9.69. The van der Waals surface area contributed by atoms with E-state index in [4.69, 9.17) is 5.73 Å². The quantitative estimate of drug-likeness (QED) is 0.667. The SMILES string of the molecule is CCC(CCN)N1CCCN(S(=O)(=O)CS(C)(=O)=O)CC1. The van der Waals surface area contributed by atoms with Gasteiger partial charge in [0.1, 0.15) is 0 Å². The van der Waals surface area contributed by atoms with Gasteiger partial charge in [-0.15, -0.1) is 0 Å². The van der Waals surface area contributed by atoms with E-state index in [0.717, 1.165) is 25.6 Å². The van der Waals surface area contributed by atoms with Crippen molar-refractivity contribution >= 4 is 19.9 Å². The predicted octanol–water partition coefficient (Wildman–Crippen LogP) is -0.547. The van der Waals surface area contributed by atoms with Crippen LogP contribution in [0.2, 0.25) is 0 Å². The predicted molar refractivity (Wildman–Crippen MR) is 84.1 cm³/mol. The Balaban J connectivity index is 2.72. The molecule has 2 N–H and O–H groups in total. The maximum absolute atomic E-state index is 12.1. The first kappa shape index (κ1) is 18.8. The monoisotopic (exact) mass is 341 g/mol. The molecule has 1 rings (SSSR count). The minimum atomic E-state index is -3.74. The number of hydrogen-bond acceptors (Lipinski definition) is 6. The van der Waals surface area contributed by atoms with Crippen molar-refractivity contribution in [1.29, 1.82) is 0 Å². The van der Waals surface area contributed by atoms with Crippen LogP contribution in [-0.2, 0) is 19.9 Å². The van der Waals surface area contributed by atoms with Gasteiger partial charge in [-0.25, -0.2) is 16.8 Å². The summed E-state index contributed by atoms with van der Waals surface area (Å²) in [4.78, 5) is 2.27. The van der Waals surface area contributed by atoms with Crippen molar-refractivity contribution in [2.75, 3.05) is 44.1 Å². The van der Waals surface area contributed by atoms with Crippen LogP contribution in [0.15, 0.2) is 0 Å². The molecular weight excluding hydrogens is 314 g/mol. The van der Waals surface area contributed by atoms with Crippen molar-refractivity contribution in [2.45, 2.75) is 32.2 Å². The number of rotatable bonds is 7. The number of hydrogen-bond donors (Lipinski definition) is 1. The first-order valence-corrected chi connectivity index (χ1v) is 11.0. The molecule has 1 unspecified atom stereocenters. The van der Waals surface area contributed by atoms with Gasteiger partial charge < -0.3 is 5.73 Å². The van der Waals surface area contributed by atoms with Crippen molar-refractivity contribution in [3.63, 3.8) is 0 Å². The standard InChI is InChI=1S/C12H27N3O4S2/c1-3-12(5-6-13)14-7-4-8-15(10-9-14)21(18,19)11-20(2,16)17/h12H,3-11,13H2,1-2H3. The van der Waals surface area contributed by atoms with Crippen molar-refractivity contribution in [2.24, 2.45) is 5.73 Å². The lowest BCUT2D eigenvalue weighted by Crippen LogP contribution is -2.41. The highest BCUT2D eigenvalue weighted by molar-refractivity contribution is 8.06. The highest BCUT2D eigenvalue weighted by Gasteiger charge is 2.29. The molecule has 0 spiro atoms. The van der Waals surface area contributed by atoms with E-state index >= 15 is 0 Å². The van der Waals surface area contributed by atoms with Crippen molar-refractivity contribution in [3.05, 3.63) is 0 Å². The van der Waals surface area contributed by atoms with E-state index in [0.29, 0.717) is 38.6 Å². The van der Waals surface area contributed by atoms with Crippen LogP contribution >= 0.6 is 0 Å². The van der Waals surface area contributed by atoms with Gasteiger partial charge >= 0.3 is 0 Å². The Morgan fingerprint density at radius 2 is 1.76 bits per heavy atom. The Kier molecular flexibility index (Phi) is 7.05. The van der Waals surface area contributed by atoms with Crippen LogP contribution in [-0.4, -0.2) is 76.1 Å². The molecule has 1 heterocycles. The summed E-state index contributed by atoms with van der Waals surface area (Å²) in [7, 11) is -7.28. The second-order valence-electron chi connectivity index (χ2n) is 5.58. The van der Waals surface area contributed by atoms with Crippen LogP contribution in [0.3, 0.4) is 0 Å². The molecule has 9 heteroatoms. The molecule has 0 saturated carbocycles. The summed E-state index contributed by atoms with van der Waals surface area (Å²) in [6.07, 6.45) is 3.53. The summed E-state index contributed by atoms with van der Waals surface area (Å²) in [5, 5.41) is -0.806. The van der Waals surface area contributed by atoms with Crippen LogP contribution in [0.25, 0.3) is 0 Å². The molecule has 0 radical (unpaired) electrons. The molecule has 1 aliphatic rings. The minimum absolute atomic E-state index is 0.346. The van der Waals surface area contributed by atoms with E-state index in [1.165, 1.54) is 4.31 Å². The summed E-state index contributed by atoms with van der Waals surface area (Å²) in [5.74, 6) is 0. The van der Waals surface area contributed by atoms with Gasteiger partial charge in [0, 0.05) is 31.9 Å². The molecule has 0 aromatic rings. The molecule has 1 aliphatic heterocycles. The van der Waals surface area contributed by atoms with Gasteiger partial charge in [0.25, 0.3) is 0 Å². The molecule has 0 amide bonds. The van der Waals surface area contributed by atoms with Crippen LogP contribution in [0.1, 0.15) is 26.2 Å². The van der Waals surface area contributed by atoms with Crippen molar-refractivity contribution < 1.29 is 16.8 Å². The maximum Gasteiger partial charge on any atom is 0.228 e. The van der Waals surface area contributed by atoms with Crippen LogP contribution in [0.4, 0.5) is 0 Å². The van der Waals surface area contributed by atoms with Gasteiger partial charge in [-0.2, -0.15) is 4.31 Å². The molecule has 126 valence electrons. The summed E-state index contributed by atoms with van der Waals surface area (Å²) in [6, 6.07) is 0.368. The molecule has 7 nitrogen and oxygen atoms in total. The van der Waals surface area contributed by atoms with Crippen LogP contribution in [0.5, 0.6) is 0 Å². The molecule has 0 aromatic carbocycles. The van der Waals surface area contributed by atoms with E-state index in [1.807, 2.05) is 0 Å². The average molecular weight is 341 g/mol. The largest absolute Gasteiger partial charge is 0.330 e. The van der Waals surface area contributed by atoms with E-state index in [1.54, 1.807) is 0 Å². The van der Waals surface area contributed by atoms with Gasteiger partial charge in [-0.05, 0) is 32.4 Å². The highest BCUT2D eigenvalue weighted by atomic mass is 32.3. The molecular formula is C12H27N3O4S2. The van der Waals surface area contributed by atoms with E-state index in [9.17, 15) is 16.8 Å². The Labute approximate surface area is 128 Å². The Morgan fingerprint density at radius 3 is 2.29 bits per heavy atom. The fraction of sp³-hybridized carbons (Fsp3) is 1.00. The Bertz CT molecular complexity index is 519. The summed E-state index contributed by atoms with van der Waals surface area (Å²) < 4.78 is 48.1. The van der Waals surface area contributed by atoms with Crippen LogP contribution in [0, 0.1) is 0 Å². The third kappa shape index (κ3) is 6.19. The van der Waals surface area contributed by atoms with E-state index < -0.39 is 24.9 Å². The van der Waals surface area contributed by atoms with E-state index in [2.05, 4.69) is 11.8 Å². The zero-order chi connectivity index (χ0) is 16.1. The summed E-state index contributed by atoms with van der Waals surface area (Å²) >= 11 is 0. The molecule has 0 bridgehead atoms. The Hall–Kier alpha value is -0.220. The molecule has 1 saturated heterocycles. The summed E-state index contributed by atoms with van der Waals surface area (Å²) in [5.41, 5.74) is 5.62. The third-order valence-corrected chi connectivity index (χ3v) is 7.79. The molecule has 21 heavy (non-hydrogen) atoms. The smallest absolute Gasteiger partial charge is 0.228 e. The minimum Gasteiger partial charge on any atom is -0.330 e. The number of sulfone groups is 1. The van der Waals surface area contributed by atoms with Crippen molar-refractivity contribution in [3.8, 4) is 0 Å². The fourth-order valence-electron chi connectivity index (χ4n) is 2.74. The van der Waals surface area contributed by atoms with Gasteiger partial charge in [-0.3, -0.25) is 4.90 Å². The lowest BCUT2D eigenvalue weighted by molar-refractivity contribution is 0.192. The Morgan fingerprint density at radius 1 is 1.10 bits per heavy atom. The van der Waals surface area contributed by atoms with Crippen LogP contribution < -0.4 is 5.73 Å². The fourth-order valence-corrected chi connectivity index (χ4v) is 6.27. The molecule has 1 fully saturated rings. The van der Waals surface area contributed by atoms with Gasteiger partial charge in [0.2, 0.25) is 10.0 Å². The third-order valence-electron chi connectivity index (χ3n) is 3.73. The molecule has 1 atom stereocenters. The zero-order valence-electron chi connectivity index (χ0n) is 12.9. The highest BCUT2D eigenvalue weighted by Crippen LogP contribution is 2.15.